The Hall–Kier alpha value is -8.09. The topological polar surface area (TPSA) is 68.7 Å². The third kappa shape index (κ3) is 5.17. The van der Waals surface area contributed by atoms with Crippen molar-refractivity contribution in [3.63, 3.8) is 0 Å². The van der Waals surface area contributed by atoms with Gasteiger partial charge in [0.25, 0.3) is 0 Å². The molecule has 1 N–H and O–H groups in total. The highest BCUT2D eigenvalue weighted by Crippen LogP contribution is 2.46. The van der Waals surface area contributed by atoms with Gasteiger partial charge in [0.1, 0.15) is 39.3 Å². The maximum absolute atomic E-state index is 6.83. The molecule has 5 heterocycles. The van der Waals surface area contributed by atoms with Crippen molar-refractivity contribution in [1.82, 2.24) is 9.88 Å². The zero-order valence-electron chi connectivity index (χ0n) is 34.9. The Balaban J connectivity index is 1.04. The highest BCUT2D eigenvalue weighted by Gasteiger charge is 2.37. The van der Waals surface area contributed by atoms with Gasteiger partial charge in [-0.05, 0) is 95.1 Å². The van der Waals surface area contributed by atoms with Crippen LogP contribution in [0.25, 0.3) is 104 Å². The average Bonchev–Trinajstić information content (AvgIpc) is 4.11. The first-order valence-corrected chi connectivity index (χ1v) is 22.2. The zero-order valence-corrected chi connectivity index (χ0v) is 34.9. The Morgan fingerprint density at radius 3 is 1.75 bits per heavy atom. The fourth-order valence-electron chi connectivity index (χ4n) is 10.9. The van der Waals surface area contributed by atoms with E-state index in [0.29, 0.717) is 0 Å². The van der Waals surface area contributed by atoms with E-state index in [1.165, 1.54) is 27.1 Å². The van der Waals surface area contributed by atoms with E-state index in [9.17, 15) is 0 Å². The summed E-state index contributed by atoms with van der Waals surface area (Å²) < 4.78 is 21.9. The number of hydrogen-bond acceptors (Lipinski definition) is 5. The van der Waals surface area contributed by atoms with Gasteiger partial charge in [0.05, 0.1) is 28.8 Å². The highest BCUT2D eigenvalue weighted by molar-refractivity contribution is 6.20. The summed E-state index contributed by atoms with van der Waals surface area (Å²) in [5.41, 5.74) is 11.8. The summed E-state index contributed by atoms with van der Waals surface area (Å²) in [6.07, 6.45) is 0.896. The van der Waals surface area contributed by atoms with Gasteiger partial charge in [-0.2, -0.15) is 0 Å². The molecule has 0 fully saturated rings. The van der Waals surface area contributed by atoms with Gasteiger partial charge in [0.2, 0.25) is 0 Å². The van der Waals surface area contributed by atoms with Crippen molar-refractivity contribution >= 4 is 104 Å². The molecule has 3 unspecified atom stereocenters. The first kappa shape index (κ1) is 35.5. The summed E-state index contributed by atoms with van der Waals surface area (Å²) in [6.45, 7) is 2.29. The number of nitrogens with zero attached hydrogens (tertiary/aromatic N) is 2. The molecule has 9 aromatic carbocycles. The maximum Gasteiger partial charge on any atom is 0.138 e. The second-order valence-corrected chi connectivity index (χ2v) is 17.4. The van der Waals surface area contributed by atoms with Gasteiger partial charge >= 0.3 is 0 Å². The molecule has 6 heteroatoms. The van der Waals surface area contributed by atoms with E-state index < -0.39 is 0 Å². The molecule has 4 aromatic heterocycles. The lowest BCUT2D eigenvalue weighted by Crippen LogP contribution is -2.41. The van der Waals surface area contributed by atoms with Crippen molar-refractivity contribution in [3.05, 3.63) is 199 Å². The number of rotatable bonds is 5. The van der Waals surface area contributed by atoms with Crippen LogP contribution in [0.15, 0.2) is 200 Å². The summed E-state index contributed by atoms with van der Waals surface area (Å²) in [7, 11) is 0. The van der Waals surface area contributed by atoms with E-state index in [1.54, 1.807) is 0 Å². The van der Waals surface area contributed by atoms with Gasteiger partial charge in [-0.3, -0.25) is 4.99 Å². The van der Waals surface area contributed by atoms with Crippen LogP contribution >= 0.6 is 0 Å². The van der Waals surface area contributed by atoms with Gasteiger partial charge in [0, 0.05) is 60.6 Å². The molecule has 13 aromatic rings. The standard InChI is InChI=1S/C58H39N3O3/c1-2-38-56(35-23-25-52-44(28-35)40-16-6-10-20-49(40)62-52)59-58(60-57(38)36-24-26-53-45(29-36)41-17-7-11-21-50(41)63-53)46-31-37(32-54-55(46)42-18-8-12-22-51(42)64-54)61-47-19-9-5-15-39(47)43-27-33-13-3-4-14-34(33)30-48(43)61/h3-32,38,56-57H,2H2,1H3,(H,59,60). The monoisotopic (exact) mass is 825 g/mol. The minimum atomic E-state index is -0.183. The molecule has 0 radical (unpaired) electrons. The summed E-state index contributed by atoms with van der Waals surface area (Å²) in [5, 5.41) is 15.5. The summed E-state index contributed by atoms with van der Waals surface area (Å²) >= 11 is 0. The molecule has 6 nitrogen and oxygen atoms in total. The molecule has 0 spiro atoms. The smallest absolute Gasteiger partial charge is 0.138 e. The molecule has 0 amide bonds. The molecule has 3 atom stereocenters. The van der Waals surface area contributed by atoms with E-state index in [4.69, 9.17) is 18.2 Å². The van der Waals surface area contributed by atoms with Crippen molar-refractivity contribution in [2.45, 2.75) is 25.4 Å². The molecule has 304 valence electrons. The number of hydrogen-bond donors (Lipinski definition) is 1. The Morgan fingerprint density at radius 2 is 1.03 bits per heavy atom. The summed E-state index contributed by atoms with van der Waals surface area (Å²) in [5.74, 6) is 0.944. The molecular weight excluding hydrogens is 787 g/mol. The van der Waals surface area contributed by atoms with Crippen molar-refractivity contribution in [3.8, 4) is 5.69 Å². The first-order valence-electron chi connectivity index (χ1n) is 22.2. The molecule has 14 rings (SSSR count). The van der Waals surface area contributed by atoms with Crippen LogP contribution in [-0.2, 0) is 0 Å². The first-order chi connectivity index (χ1) is 31.6. The molecule has 1 aliphatic heterocycles. The number of amidine groups is 1. The van der Waals surface area contributed by atoms with E-state index in [-0.39, 0.29) is 18.0 Å². The zero-order chi connectivity index (χ0) is 42.0. The minimum Gasteiger partial charge on any atom is -0.456 e. The second kappa shape index (κ2) is 13.5. The van der Waals surface area contributed by atoms with E-state index in [1.807, 2.05) is 30.3 Å². The van der Waals surface area contributed by atoms with Crippen LogP contribution in [0.3, 0.4) is 0 Å². The fourth-order valence-corrected chi connectivity index (χ4v) is 10.9. The average molecular weight is 826 g/mol. The fraction of sp³-hybridized carbons (Fsp3) is 0.0862. The van der Waals surface area contributed by atoms with Crippen LogP contribution in [0.4, 0.5) is 0 Å². The number of aliphatic imine (C=N–C) groups is 1. The minimum absolute atomic E-state index is 0.0890. The van der Waals surface area contributed by atoms with Crippen molar-refractivity contribution in [2.75, 3.05) is 0 Å². The lowest BCUT2D eigenvalue weighted by molar-refractivity contribution is 0.311. The van der Waals surface area contributed by atoms with Crippen LogP contribution in [-0.4, -0.2) is 10.4 Å². The molecule has 0 aliphatic carbocycles. The Kier molecular flexibility index (Phi) is 7.46. The van der Waals surface area contributed by atoms with Crippen LogP contribution in [0, 0.1) is 5.92 Å². The predicted octanol–water partition coefficient (Wildman–Crippen LogP) is 15.5. The van der Waals surface area contributed by atoms with Crippen LogP contribution < -0.4 is 5.32 Å². The van der Waals surface area contributed by atoms with Gasteiger partial charge in [-0.15, -0.1) is 0 Å². The van der Waals surface area contributed by atoms with E-state index in [2.05, 4.69) is 168 Å². The number of para-hydroxylation sites is 4. The van der Waals surface area contributed by atoms with Crippen LogP contribution in [0.1, 0.15) is 42.1 Å². The number of aromatic nitrogens is 1. The Morgan fingerprint density at radius 1 is 0.469 bits per heavy atom. The Bertz CT molecular complexity index is 4090. The van der Waals surface area contributed by atoms with E-state index in [0.717, 1.165) is 106 Å². The van der Waals surface area contributed by atoms with E-state index >= 15 is 0 Å². The lowest BCUT2D eigenvalue weighted by Gasteiger charge is -2.38. The van der Waals surface area contributed by atoms with Gasteiger partial charge < -0.3 is 23.1 Å². The molecule has 64 heavy (non-hydrogen) atoms. The van der Waals surface area contributed by atoms with Gasteiger partial charge in [0.15, 0.2) is 0 Å². The third-order valence-electron chi connectivity index (χ3n) is 13.9. The SMILES string of the molecule is CCC1C(c2ccc3oc4ccccc4c3c2)N=C(c2cc(-n3c4ccccc4c4cc5ccccc5cc43)cc3oc4ccccc4c23)NC1c1ccc2oc3ccccc3c2c1. The Labute approximate surface area is 366 Å². The normalized spacial score (nSPS) is 17.0. The van der Waals surface area contributed by atoms with Gasteiger partial charge in [-0.25, -0.2) is 0 Å². The lowest BCUT2D eigenvalue weighted by atomic mass is 9.80. The van der Waals surface area contributed by atoms with Crippen LogP contribution in [0.5, 0.6) is 0 Å². The number of furan rings is 3. The van der Waals surface area contributed by atoms with Gasteiger partial charge in [-0.1, -0.05) is 116 Å². The third-order valence-corrected chi connectivity index (χ3v) is 13.9. The number of benzene rings is 9. The van der Waals surface area contributed by atoms with Crippen LogP contribution in [0.2, 0.25) is 0 Å². The number of fused-ring (bicyclic) bond motifs is 13. The van der Waals surface area contributed by atoms with Crippen molar-refractivity contribution < 1.29 is 13.3 Å². The molecular formula is C58H39N3O3. The predicted molar refractivity (Wildman–Crippen MR) is 262 cm³/mol. The largest absolute Gasteiger partial charge is 0.456 e. The highest BCUT2D eigenvalue weighted by atomic mass is 16.3. The maximum atomic E-state index is 6.83. The summed E-state index contributed by atoms with van der Waals surface area (Å²) in [6, 6.07) is 64.6. The van der Waals surface area contributed by atoms with Crippen molar-refractivity contribution in [1.29, 1.82) is 0 Å². The summed E-state index contributed by atoms with van der Waals surface area (Å²) in [4.78, 5) is 5.85. The van der Waals surface area contributed by atoms with Crippen molar-refractivity contribution in [2.24, 2.45) is 10.9 Å². The quantitative estimate of drug-likeness (QED) is 0.188. The number of nitrogens with one attached hydrogen (secondary N) is 1. The molecule has 0 bridgehead atoms. The second-order valence-electron chi connectivity index (χ2n) is 17.4. The molecule has 0 saturated carbocycles. The molecule has 1 aliphatic rings. The molecule has 0 saturated heterocycles.